The van der Waals surface area contributed by atoms with E-state index in [4.69, 9.17) is 4.74 Å². The molecule has 0 radical (unpaired) electrons. The third-order valence-electron chi connectivity index (χ3n) is 3.91. The van der Waals surface area contributed by atoms with Crippen molar-refractivity contribution >= 4 is 5.78 Å². The molecule has 3 nitrogen and oxygen atoms in total. The Balaban J connectivity index is 2.30. The lowest BCUT2D eigenvalue weighted by atomic mass is 9.84. The molecule has 3 heteroatoms. The lowest BCUT2D eigenvalue weighted by Gasteiger charge is -2.24. The molecule has 1 N–H and O–H groups in total. The summed E-state index contributed by atoms with van der Waals surface area (Å²) in [5.74, 6) is 1.11. The van der Waals surface area contributed by atoms with E-state index in [0.29, 0.717) is 6.61 Å². The van der Waals surface area contributed by atoms with Crippen LogP contribution in [0.1, 0.15) is 62.9 Å². The number of hydrogen-bond donors (Lipinski definition) is 1. The highest BCUT2D eigenvalue weighted by Gasteiger charge is 2.26. The average molecular weight is 289 g/mol. The highest BCUT2D eigenvalue weighted by Crippen LogP contribution is 2.33. The van der Waals surface area contributed by atoms with Gasteiger partial charge < -0.3 is 10.1 Å². The van der Waals surface area contributed by atoms with Crippen molar-refractivity contribution in [2.45, 2.75) is 58.4 Å². The van der Waals surface area contributed by atoms with E-state index < -0.39 is 0 Å². The van der Waals surface area contributed by atoms with Gasteiger partial charge in [-0.1, -0.05) is 27.7 Å². The minimum atomic E-state index is -0.0392. The third-order valence-corrected chi connectivity index (χ3v) is 3.91. The van der Waals surface area contributed by atoms with Crippen molar-refractivity contribution in [1.82, 2.24) is 5.32 Å². The molecule has 21 heavy (non-hydrogen) atoms. The molecule has 1 aromatic carbocycles. The zero-order chi connectivity index (χ0) is 15.5. The fraction of sp³-hybridized carbons (Fsp3) is 0.611. The molecule has 1 heterocycles. The lowest BCUT2D eigenvalue weighted by Crippen LogP contribution is -2.31. The van der Waals surface area contributed by atoms with Gasteiger partial charge in [-0.05, 0) is 49.4 Å². The van der Waals surface area contributed by atoms with E-state index in [1.807, 2.05) is 18.2 Å². The van der Waals surface area contributed by atoms with E-state index in [2.05, 4.69) is 33.0 Å². The monoisotopic (exact) mass is 289 g/mol. The molecule has 1 aromatic rings. The van der Waals surface area contributed by atoms with Gasteiger partial charge in [0, 0.05) is 11.1 Å². The summed E-state index contributed by atoms with van der Waals surface area (Å²) in [6.07, 6.45) is 3.01. The molecule has 1 saturated heterocycles. The molecule has 0 aromatic heterocycles. The van der Waals surface area contributed by atoms with E-state index in [-0.39, 0.29) is 17.2 Å². The Morgan fingerprint density at radius 3 is 2.71 bits per heavy atom. The topological polar surface area (TPSA) is 38.3 Å². The predicted octanol–water partition coefficient (Wildman–Crippen LogP) is 3.71. The largest absolute Gasteiger partial charge is 0.493 e. The summed E-state index contributed by atoms with van der Waals surface area (Å²) in [4.78, 5) is 12.5. The minimum absolute atomic E-state index is 0.0137. The van der Waals surface area contributed by atoms with Gasteiger partial charge in [-0.15, -0.1) is 0 Å². The van der Waals surface area contributed by atoms with Crippen LogP contribution in [0.25, 0.3) is 0 Å². The van der Waals surface area contributed by atoms with Crippen LogP contribution in [0.5, 0.6) is 5.75 Å². The van der Waals surface area contributed by atoms with Crippen LogP contribution < -0.4 is 10.1 Å². The first-order valence-electron chi connectivity index (χ1n) is 7.98. The normalized spacial score (nSPS) is 18.8. The van der Waals surface area contributed by atoms with Crippen molar-refractivity contribution < 1.29 is 9.53 Å². The Morgan fingerprint density at radius 1 is 1.38 bits per heavy atom. The summed E-state index contributed by atoms with van der Waals surface area (Å²) in [6, 6.07) is 5.87. The van der Waals surface area contributed by atoms with E-state index in [1.54, 1.807) is 0 Å². The van der Waals surface area contributed by atoms with Crippen LogP contribution in [0.3, 0.4) is 0 Å². The van der Waals surface area contributed by atoms with Crippen molar-refractivity contribution in [2.24, 2.45) is 0 Å². The Hall–Kier alpha value is -1.35. The van der Waals surface area contributed by atoms with Crippen LogP contribution in [0.15, 0.2) is 18.2 Å². The Bertz CT molecular complexity index is 496. The van der Waals surface area contributed by atoms with E-state index in [0.717, 1.165) is 42.7 Å². The molecule has 116 valence electrons. The predicted molar refractivity (Wildman–Crippen MR) is 86.3 cm³/mol. The molecular weight excluding hydrogens is 262 g/mol. The Labute approximate surface area is 128 Å². The molecule has 1 atom stereocenters. The average Bonchev–Trinajstić information content (AvgIpc) is 2.97. The highest BCUT2D eigenvalue weighted by atomic mass is 16.5. The number of carbonyl (C=O) groups excluding carboxylic acids is 1. The quantitative estimate of drug-likeness (QED) is 0.840. The Morgan fingerprint density at radius 2 is 2.14 bits per heavy atom. The van der Waals surface area contributed by atoms with Crippen LogP contribution in [-0.4, -0.2) is 25.0 Å². The SMILES string of the molecule is CCCOc1ccc(C(=O)C2CCCN2)cc1C(C)(C)C. The van der Waals surface area contributed by atoms with Crippen LogP contribution in [0.2, 0.25) is 0 Å². The van der Waals surface area contributed by atoms with E-state index in [9.17, 15) is 4.79 Å². The number of Topliss-reactive ketones (excluding diaryl/α,β-unsaturated/α-hetero) is 1. The molecule has 1 unspecified atom stereocenters. The lowest BCUT2D eigenvalue weighted by molar-refractivity contribution is 0.0952. The van der Waals surface area contributed by atoms with Gasteiger partial charge in [0.1, 0.15) is 5.75 Å². The van der Waals surface area contributed by atoms with Gasteiger partial charge in [-0.3, -0.25) is 4.79 Å². The number of hydrogen-bond acceptors (Lipinski definition) is 3. The van der Waals surface area contributed by atoms with Crippen LogP contribution in [-0.2, 0) is 5.41 Å². The van der Waals surface area contributed by atoms with Crippen LogP contribution in [0.4, 0.5) is 0 Å². The van der Waals surface area contributed by atoms with Gasteiger partial charge in [0.15, 0.2) is 5.78 Å². The molecule has 1 aliphatic heterocycles. The first-order chi connectivity index (χ1) is 9.93. The fourth-order valence-corrected chi connectivity index (χ4v) is 2.72. The number of ketones is 1. The molecule has 1 fully saturated rings. The molecule has 0 bridgehead atoms. The number of nitrogens with one attached hydrogen (secondary N) is 1. The van der Waals surface area contributed by atoms with Crippen molar-refractivity contribution in [3.63, 3.8) is 0 Å². The van der Waals surface area contributed by atoms with Gasteiger partial charge >= 0.3 is 0 Å². The van der Waals surface area contributed by atoms with Crippen molar-refractivity contribution in [3.05, 3.63) is 29.3 Å². The standard InChI is InChI=1S/C18H27NO2/c1-5-11-21-16-9-8-13(12-14(16)18(2,3)4)17(20)15-7-6-10-19-15/h8-9,12,15,19H,5-7,10-11H2,1-4H3. The third kappa shape index (κ3) is 3.85. The summed E-state index contributed by atoms with van der Waals surface area (Å²) >= 11 is 0. The maximum absolute atomic E-state index is 12.5. The Kier molecular flexibility index (Phi) is 5.04. The molecule has 0 saturated carbocycles. The maximum atomic E-state index is 12.5. The fourth-order valence-electron chi connectivity index (χ4n) is 2.72. The van der Waals surface area contributed by atoms with Gasteiger partial charge in [-0.2, -0.15) is 0 Å². The highest BCUT2D eigenvalue weighted by molar-refractivity contribution is 6.00. The summed E-state index contributed by atoms with van der Waals surface area (Å²) in [6.45, 7) is 10.2. The molecular formula is C18H27NO2. The number of benzene rings is 1. The maximum Gasteiger partial charge on any atom is 0.179 e. The first kappa shape index (κ1) is 16.0. The smallest absolute Gasteiger partial charge is 0.179 e. The van der Waals surface area contributed by atoms with Crippen LogP contribution >= 0.6 is 0 Å². The van der Waals surface area contributed by atoms with E-state index in [1.165, 1.54) is 0 Å². The van der Waals surface area contributed by atoms with Crippen molar-refractivity contribution in [2.75, 3.05) is 13.2 Å². The zero-order valence-corrected chi connectivity index (χ0v) is 13.7. The molecule has 0 spiro atoms. The van der Waals surface area contributed by atoms with Gasteiger partial charge in [0.05, 0.1) is 12.6 Å². The molecule has 2 rings (SSSR count). The van der Waals surface area contributed by atoms with Gasteiger partial charge in [-0.25, -0.2) is 0 Å². The van der Waals surface area contributed by atoms with Gasteiger partial charge in [0.25, 0.3) is 0 Å². The first-order valence-corrected chi connectivity index (χ1v) is 7.98. The van der Waals surface area contributed by atoms with Crippen molar-refractivity contribution in [3.8, 4) is 5.75 Å². The second-order valence-corrected chi connectivity index (χ2v) is 6.82. The van der Waals surface area contributed by atoms with E-state index >= 15 is 0 Å². The zero-order valence-electron chi connectivity index (χ0n) is 13.7. The molecule has 0 amide bonds. The van der Waals surface area contributed by atoms with Crippen LogP contribution in [0, 0.1) is 0 Å². The van der Waals surface area contributed by atoms with Gasteiger partial charge in [0.2, 0.25) is 0 Å². The summed E-state index contributed by atoms with van der Waals surface area (Å²) in [5, 5.41) is 3.28. The second-order valence-electron chi connectivity index (χ2n) is 6.82. The summed E-state index contributed by atoms with van der Waals surface area (Å²) < 4.78 is 5.85. The number of ether oxygens (including phenoxy) is 1. The number of carbonyl (C=O) groups is 1. The molecule has 1 aliphatic rings. The second kappa shape index (κ2) is 6.61. The number of rotatable bonds is 5. The van der Waals surface area contributed by atoms with Crippen molar-refractivity contribution in [1.29, 1.82) is 0 Å². The summed E-state index contributed by atoms with van der Waals surface area (Å²) in [5.41, 5.74) is 1.87. The molecule has 0 aliphatic carbocycles. The minimum Gasteiger partial charge on any atom is -0.493 e. The summed E-state index contributed by atoms with van der Waals surface area (Å²) in [7, 11) is 0.